The molecule has 1 nitrogen and oxygen atoms in total. The molecule has 2 bridgehead atoms. The molecule has 1 aliphatic heterocycles. The van der Waals surface area contributed by atoms with Gasteiger partial charge in [0.25, 0.3) is 0 Å². The second kappa shape index (κ2) is 3.60. The van der Waals surface area contributed by atoms with E-state index in [9.17, 15) is 0 Å². The van der Waals surface area contributed by atoms with Crippen LogP contribution < -0.4 is 0 Å². The molecule has 0 aromatic carbocycles. The summed E-state index contributed by atoms with van der Waals surface area (Å²) < 4.78 is 6.04. The Kier molecular flexibility index (Phi) is 2.43. The lowest BCUT2D eigenvalue weighted by Gasteiger charge is -2.37. The van der Waals surface area contributed by atoms with E-state index in [1.54, 1.807) is 5.57 Å². The second-order valence-electron chi connectivity index (χ2n) is 6.54. The van der Waals surface area contributed by atoms with E-state index >= 15 is 0 Å². The molecule has 2 fully saturated rings. The monoisotopic (exact) mass is 220 g/mol. The number of fused-ring (bicyclic) bond motifs is 1. The van der Waals surface area contributed by atoms with Crippen molar-refractivity contribution in [2.75, 3.05) is 0 Å². The first-order valence-corrected chi connectivity index (χ1v) is 6.96. The quantitative estimate of drug-likeness (QED) is 0.482. The predicted octanol–water partition coefficient (Wildman–Crippen LogP) is 3.94. The van der Waals surface area contributed by atoms with E-state index in [-0.39, 0.29) is 0 Å². The summed E-state index contributed by atoms with van der Waals surface area (Å²) in [5, 5.41) is 0. The number of hydrogen-bond acceptors (Lipinski definition) is 1. The van der Waals surface area contributed by atoms with Crippen LogP contribution in [0, 0.1) is 17.8 Å². The number of epoxide rings is 1. The summed E-state index contributed by atoms with van der Waals surface area (Å²) in [4.78, 5) is 0. The van der Waals surface area contributed by atoms with Crippen molar-refractivity contribution >= 4 is 0 Å². The summed E-state index contributed by atoms with van der Waals surface area (Å²) in [6, 6.07) is 0. The highest BCUT2D eigenvalue weighted by Crippen LogP contribution is 2.55. The van der Waals surface area contributed by atoms with Crippen molar-refractivity contribution in [3.05, 3.63) is 11.6 Å². The Morgan fingerprint density at radius 1 is 1.38 bits per heavy atom. The van der Waals surface area contributed by atoms with E-state index in [0.29, 0.717) is 11.7 Å². The van der Waals surface area contributed by atoms with Crippen LogP contribution in [-0.2, 0) is 4.74 Å². The third-order valence-corrected chi connectivity index (χ3v) is 5.09. The molecule has 1 spiro atoms. The van der Waals surface area contributed by atoms with E-state index in [2.05, 4.69) is 26.8 Å². The van der Waals surface area contributed by atoms with Gasteiger partial charge in [0.05, 0.1) is 11.7 Å². The lowest BCUT2D eigenvalue weighted by molar-refractivity contribution is 0.132. The van der Waals surface area contributed by atoms with Crippen molar-refractivity contribution in [3.63, 3.8) is 0 Å². The minimum atomic E-state index is 0.327. The Morgan fingerprint density at radius 2 is 2.19 bits per heavy atom. The molecule has 0 aromatic rings. The molecule has 1 heteroatoms. The number of allylic oxidation sites excluding steroid dienone is 2. The first kappa shape index (κ1) is 10.8. The summed E-state index contributed by atoms with van der Waals surface area (Å²) in [7, 11) is 0. The van der Waals surface area contributed by atoms with E-state index in [4.69, 9.17) is 4.74 Å². The molecule has 0 aromatic heterocycles. The van der Waals surface area contributed by atoms with Gasteiger partial charge in [-0.2, -0.15) is 0 Å². The Labute approximate surface area is 99.3 Å². The van der Waals surface area contributed by atoms with Gasteiger partial charge in [-0.1, -0.05) is 25.5 Å². The Hall–Kier alpha value is -0.300. The zero-order valence-corrected chi connectivity index (χ0v) is 10.8. The van der Waals surface area contributed by atoms with Crippen LogP contribution in [0.3, 0.4) is 0 Å². The first-order valence-electron chi connectivity index (χ1n) is 6.96. The Morgan fingerprint density at radius 3 is 2.94 bits per heavy atom. The summed E-state index contributed by atoms with van der Waals surface area (Å²) in [5.74, 6) is 2.51. The normalized spacial score (nSPS) is 50.0. The highest BCUT2D eigenvalue weighted by Gasteiger charge is 2.59. The zero-order chi connectivity index (χ0) is 11.3. The van der Waals surface area contributed by atoms with Gasteiger partial charge in [-0.05, 0) is 56.8 Å². The van der Waals surface area contributed by atoms with E-state index in [0.717, 1.165) is 17.8 Å². The molecule has 0 N–H and O–H groups in total. The Bertz CT molecular complexity index is 317. The summed E-state index contributed by atoms with van der Waals surface area (Å²) in [6.07, 6.45) is 9.70. The average molecular weight is 220 g/mol. The molecule has 0 unspecified atom stereocenters. The van der Waals surface area contributed by atoms with E-state index in [1.165, 1.54) is 32.1 Å². The van der Waals surface area contributed by atoms with Crippen LogP contribution in [0.5, 0.6) is 0 Å². The molecule has 4 atom stereocenters. The maximum absolute atomic E-state index is 6.04. The lowest BCUT2D eigenvalue weighted by atomic mass is 9.67. The highest BCUT2D eigenvalue weighted by atomic mass is 16.6. The molecule has 1 saturated heterocycles. The predicted molar refractivity (Wildman–Crippen MR) is 66.3 cm³/mol. The fourth-order valence-electron chi connectivity index (χ4n) is 4.07. The van der Waals surface area contributed by atoms with Gasteiger partial charge in [-0.15, -0.1) is 0 Å². The smallest absolute Gasteiger partial charge is 0.0954 e. The average Bonchev–Trinajstić information content (AvgIpc) is 2.86. The van der Waals surface area contributed by atoms with Gasteiger partial charge >= 0.3 is 0 Å². The summed E-state index contributed by atoms with van der Waals surface area (Å²) in [6.45, 7) is 7.08. The standard InChI is InChI=1S/C15H24O/c1-10(2)13-6-7-15-9-12(13)8-11(3)4-5-14(15)16-15/h8,10,12-14H,4-7,9H2,1-3H3/b11-8-/t12-,13+,14-,15+/m1/s1. The van der Waals surface area contributed by atoms with Crippen LogP contribution in [0.4, 0.5) is 0 Å². The third kappa shape index (κ3) is 1.64. The maximum atomic E-state index is 6.04. The van der Waals surface area contributed by atoms with Gasteiger partial charge < -0.3 is 4.74 Å². The van der Waals surface area contributed by atoms with E-state index in [1.807, 2.05) is 0 Å². The summed E-state index contributed by atoms with van der Waals surface area (Å²) >= 11 is 0. The van der Waals surface area contributed by atoms with Crippen LogP contribution in [0.2, 0.25) is 0 Å². The van der Waals surface area contributed by atoms with Crippen molar-refractivity contribution in [3.8, 4) is 0 Å². The molecule has 2 aliphatic carbocycles. The van der Waals surface area contributed by atoms with Crippen molar-refractivity contribution in [1.82, 2.24) is 0 Å². The molecule has 16 heavy (non-hydrogen) atoms. The third-order valence-electron chi connectivity index (χ3n) is 5.09. The van der Waals surface area contributed by atoms with Crippen molar-refractivity contribution < 1.29 is 4.74 Å². The van der Waals surface area contributed by atoms with Crippen LogP contribution in [-0.4, -0.2) is 11.7 Å². The van der Waals surface area contributed by atoms with Gasteiger partial charge in [0.2, 0.25) is 0 Å². The molecule has 1 saturated carbocycles. The minimum absolute atomic E-state index is 0.327. The van der Waals surface area contributed by atoms with Gasteiger partial charge in [-0.3, -0.25) is 0 Å². The molecular weight excluding hydrogens is 196 g/mol. The maximum Gasteiger partial charge on any atom is 0.0954 e. The zero-order valence-electron chi connectivity index (χ0n) is 10.8. The van der Waals surface area contributed by atoms with Crippen LogP contribution in [0.1, 0.15) is 52.9 Å². The molecule has 0 amide bonds. The minimum Gasteiger partial charge on any atom is -0.366 e. The molecular formula is C15H24O. The second-order valence-corrected chi connectivity index (χ2v) is 6.54. The molecule has 3 aliphatic rings. The van der Waals surface area contributed by atoms with Crippen molar-refractivity contribution in [1.29, 1.82) is 0 Å². The van der Waals surface area contributed by atoms with Crippen molar-refractivity contribution in [2.45, 2.75) is 64.6 Å². The lowest BCUT2D eigenvalue weighted by Crippen LogP contribution is -2.34. The largest absolute Gasteiger partial charge is 0.366 e. The van der Waals surface area contributed by atoms with Crippen LogP contribution >= 0.6 is 0 Å². The van der Waals surface area contributed by atoms with Gasteiger partial charge in [0, 0.05) is 0 Å². The fourth-order valence-corrected chi connectivity index (χ4v) is 4.07. The van der Waals surface area contributed by atoms with Gasteiger partial charge in [0.15, 0.2) is 0 Å². The van der Waals surface area contributed by atoms with Gasteiger partial charge in [0.1, 0.15) is 0 Å². The number of rotatable bonds is 1. The van der Waals surface area contributed by atoms with Gasteiger partial charge in [-0.25, -0.2) is 0 Å². The van der Waals surface area contributed by atoms with Crippen LogP contribution in [0.15, 0.2) is 11.6 Å². The van der Waals surface area contributed by atoms with E-state index < -0.39 is 0 Å². The molecule has 3 rings (SSSR count). The Balaban J connectivity index is 1.86. The first-order chi connectivity index (χ1) is 7.61. The fraction of sp³-hybridized carbons (Fsp3) is 0.867. The molecule has 1 heterocycles. The molecule has 90 valence electrons. The number of hydrogen-bond donors (Lipinski definition) is 0. The SMILES string of the molecule is C/C1=C/[C@@H]2C[C@]3(CC[C@H]2C(C)C)O[C@@H]3CC1. The van der Waals surface area contributed by atoms with Crippen molar-refractivity contribution in [2.24, 2.45) is 17.8 Å². The molecule has 0 radical (unpaired) electrons. The highest BCUT2D eigenvalue weighted by molar-refractivity contribution is 5.16. The van der Waals surface area contributed by atoms with Crippen LogP contribution in [0.25, 0.3) is 0 Å². The number of ether oxygens (including phenoxy) is 1. The topological polar surface area (TPSA) is 12.5 Å². The summed E-state index contributed by atoms with van der Waals surface area (Å²) in [5.41, 5.74) is 1.93.